The molecule has 23 heavy (non-hydrogen) atoms. The van der Waals surface area contributed by atoms with Gasteiger partial charge in [-0.05, 0) is 19.3 Å². The van der Waals surface area contributed by atoms with Gasteiger partial charge in [0.05, 0.1) is 19.3 Å². The van der Waals surface area contributed by atoms with Gasteiger partial charge < -0.3 is 15.2 Å². The Labute approximate surface area is 140 Å². The van der Waals surface area contributed by atoms with Crippen molar-refractivity contribution in [2.45, 2.75) is 44.6 Å². The number of nitrogens with zero attached hydrogens (tertiary/aromatic N) is 2. The molecule has 2 aliphatic rings. The summed E-state index contributed by atoms with van der Waals surface area (Å²) in [5.41, 5.74) is 0. The number of ether oxygens (including phenoxy) is 1. The summed E-state index contributed by atoms with van der Waals surface area (Å²) in [5.74, 6) is 0.110. The Balaban J connectivity index is 1.45. The van der Waals surface area contributed by atoms with Crippen LogP contribution in [-0.4, -0.2) is 85.9 Å². The van der Waals surface area contributed by atoms with Crippen molar-refractivity contribution in [2.75, 3.05) is 59.0 Å². The number of aliphatic hydroxyl groups excluding tert-OH is 1. The number of carbonyl (C=O) groups is 1. The first-order valence-corrected chi connectivity index (χ1v) is 9.22. The molecule has 0 spiro atoms. The van der Waals surface area contributed by atoms with Gasteiger partial charge in [-0.1, -0.05) is 19.3 Å². The van der Waals surface area contributed by atoms with Gasteiger partial charge >= 0.3 is 0 Å². The zero-order valence-corrected chi connectivity index (χ0v) is 14.3. The van der Waals surface area contributed by atoms with Gasteiger partial charge in [-0.3, -0.25) is 14.6 Å². The number of hydrogen-bond acceptors (Lipinski definition) is 5. The van der Waals surface area contributed by atoms with E-state index in [2.05, 4.69) is 15.1 Å². The van der Waals surface area contributed by atoms with E-state index in [0.29, 0.717) is 19.2 Å². The largest absolute Gasteiger partial charge is 0.395 e. The van der Waals surface area contributed by atoms with Gasteiger partial charge in [0, 0.05) is 45.9 Å². The lowest BCUT2D eigenvalue weighted by Gasteiger charge is -2.33. The number of amides is 1. The molecular weight excluding hydrogens is 294 g/mol. The van der Waals surface area contributed by atoms with E-state index in [1.165, 1.54) is 32.1 Å². The van der Waals surface area contributed by atoms with E-state index in [1.54, 1.807) is 0 Å². The van der Waals surface area contributed by atoms with E-state index < -0.39 is 0 Å². The molecule has 1 heterocycles. The number of aliphatic hydroxyl groups is 1. The van der Waals surface area contributed by atoms with Gasteiger partial charge in [0.1, 0.15) is 0 Å². The predicted octanol–water partition coefficient (Wildman–Crippen LogP) is 0.452. The van der Waals surface area contributed by atoms with Crippen molar-refractivity contribution in [3.05, 3.63) is 0 Å². The van der Waals surface area contributed by atoms with Crippen molar-refractivity contribution < 1.29 is 14.6 Å². The van der Waals surface area contributed by atoms with Crippen molar-refractivity contribution in [1.82, 2.24) is 15.1 Å². The Kier molecular flexibility index (Phi) is 8.89. The molecule has 0 aromatic heterocycles. The van der Waals surface area contributed by atoms with E-state index in [1.807, 2.05) is 0 Å². The second kappa shape index (κ2) is 11.0. The van der Waals surface area contributed by atoms with Crippen LogP contribution in [0.25, 0.3) is 0 Å². The molecule has 0 bridgehead atoms. The lowest BCUT2D eigenvalue weighted by Crippen LogP contribution is -2.50. The van der Waals surface area contributed by atoms with Crippen LogP contribution in [0.15, 0.2) is 0 Å². The monoisotopic (exact) mass is 327 g/mol. The van der Waals surface area contributed by atoms with Crippen molar-refractivity contribution in [3.8, 4) is 0 Å². The van der Waals surface area contributed by atoms with Gasteiger partial charge in [-0.2, -0.15) is 0 Å². The maximum atomic E-state index is 11.9. The average Bonchev–Trinajstić information content (AvgIpc) is 2.57. The van der Waals surface area contributed by atoms with E-state index >= 15 is 0 Å². The molecule has 1 saturated heterocycles. The highest BCUT2D eigenvalue weighted by Crippen LogP contribution is 2.20. The summed E-state index contributed by atoms with van der Waals surface area (Å²) in [6.45, 7) is 6.56. The highest BCUT2D eigenvalue weighted by atomic mass is 16.5. The second-order valence-electron chi connectivity index (χ2n) is 6.68. The average molecular weight is 327 g/mol. The van der Waals surface area contributed by atoms with Gasteiger partial charge in [0.15, 0.2) is 0 Å². The summed E-state index contributed by atoms with van der Waals surface area (Å²) in [5, 5.41) is 11.9. The first-order valence-electron chi connectivity index (χ1n) is 9.22. The number of carbonyl (C=O) groups excluding carboxylic acids is 1. The fraction of sp³-hybridized carbons (Fsp3) is 0.941. The highest BCUT2D eigenvalue weighted by molar-refractivity contribution is 5.77. The number of hydrogen-bond donors (Lipinski definition) is 2. The maximum Gasteiger partial charge on any atom is 0.234 e. The fourth-order valence-electron chi connectivity index (χ4n) is 3.35. The third-order valence-electron chi connectivity index (χ3n) is 4.80. The van der Waals surface area contributed by atoms with Crippen molar-refractivity contribution in [2.24, 2.45) is 0 Å². The molecule has 6 heteroatoms. The maximum absolute atomic E-state index is 11.9. The number of piperazine rings is 1. The third kappa shape index (κ3) is 7.61. The smallest absolute Gasteiger partial charge is 0.234 e. The Morgan fingerprint density at radius 2 is 1.78 bits per heavy atom. The number of rotatable bonds is 9. The standard InChI is InChI=1S/C17H33N3O3/c21-13-12-19-8-10-20(11-9-19)15-17(22)18-7-4-14-23-16-5-2-1-3-6-16/h16,21H,1-15H2,(H,18,22). The first kappa shape index (κ1) is 18.6. The van der Waals surface area contributed by atoms with E-state index in [4.69, 9.17) is 9.84 Å². The molecule has 1 aliphatic heterocycles. The van der Waals surface area contributed by atoms with Crippen LogP contribution >= 0.6 is 0 Å². The Morgan fingerprint density at radius 3 is 2.48 bits per heavy atom. The molecule has 0 atom stereocenters. The van der Waals surface area contributed by atoms with E-state index in [9.17, 15) is 4.79 Å². The molecule has 0 unspecified atom stereocenters. The summed E-state index contributed by atoms with van der Waals surface area (Å²) in [7, 11) is 0. The molecule has 1 amide bonds. The molecule has 1 aliphatic carbocycles. The molecule has 0 radical (unpaired) electrons. The Bertz CT molecular complexity index is 327. The Morgan fingerprint density at radius 1 is 1.09 bits per heavy atom. The Hall–Kier alpha value is -0.690. The summed E-state index contributed by atoms with van der Waals surface area (Å²) < 4.78 is 5.86. The molecule has 2 rings (SSSR count). The van der Waals surface area contributed by atoms with E-state index in [0.717, 1.165) is 45.8 Å². The van der Waals surface area contributed by atoms with Gasteiger partial charge in [-0.15, -0.1) is 0 Å². The SMILES string of the molecule is O=C(CN1CCN(CCO)CC1)NCCCOC1CCCCC1. The van der Waals surface area contributed by atoms with Crippen LogP contribution in [-0.2, 0) is 9.53 Å². The van der Waals surface area contributed by atoms with Crippen LogP contribution in [0.3, 0.4) is 0 Å². The summed E-state index contributed by atoms with van der Waals surface area (Å²) in [4.78, 5) is 16.4. The van der Waals surface area contributed by atoms with Crippen molar-refractivity contribution in [1.29, 1.82) is 0 Å². The van der Waals surface area contributed by atoms with Crippen LogP contribution in [0.2, 0.25) is 0 Å². The highest BCUT2D eigenvalue weighted by Gasteiger charge is 2.18. The van der Waals surface area contributed by atoms with E-state index in [-0.39, 0.29) is 12.5 Å². The lowest BCUT2D eigenvalue weighted by atomic mass is 9.98. The van der Waals surface area contributed by atoms with Gasteiger partial charge in [0.25, 0.3) is 0 Å². The normalized spacial score (nSPS) is 21.4. The molecule has 2 fully saturated rings. The summed E-state index contributed by atoms with van der Waals surface area (Å²) in [6.07, 6.45) is 7.70. The topological polar surface area (TPSA) is 65.0 Å². The number of β-amino-alcohol motifs (C(OH)–C–C–N with tert-alkyl or cyclic N) is 1. The second-order valence-corrected chi connectivity index (χ2v) is 6.68. The molecule has 1 saturated carbocycles. The minimum absolute atomic E-state index is 0.110. The molecular formula is C17H33N3O3. The minimum Gasteiger partial charge on any atom is -0.395 e. The molecule has 134 valence electrons. The quantitative estimate of drug-likeness (QED) is 0.602. The van der Waals surface area contributed by atoms with Crippen LogP contribution in [0.4, 0.5) is 0 Å². The molecule has 2 N–H and O–H groups in total. The van der Waals surface area contributed by atoms with Crippen molar-refractivity contribution >= 4 is 5.91 Å². The molecule has 0 aromatic carbocycles. The van der Waals surface area contributed by atoms with Gasteiger partial charge in [0.2, 0.25) is 5.91 Å². The van der Waals surface area contributed by atoms with Crippen LogP contribution < -0.4 is 5.32 Å². The lowest BCUT2D eigenvalue weighted by molar-refractivity contribution is -0.122. The summed E-state index contributed by atoms with van der Waals surface area (Å²) >= 11 is 0. The predicted molar refractivity (Wildman–Crippen MR) is 90.4 cm³/mol. The van der Waals surface area contributed by atoms with Crippen molar-refractivity contribution in [3.63, 3.8) is 0 Å². The van der Waals surface area contributed by atoms with Crippen LogP contribution in [0.5, 0.6) is 0 Å². The van der Waals surface area contributed by atoms with Crippen LogP contribution in [0, 0.1) is 0 Å². The first-order chi connectivity index (χ1) is 11.3. The summed E-state index contributed by atoms with van der Waals surface area (Å²) in [6, 6.07) is 0. The molecule has 6 nitrogen and oxygen atoms in total. The fourth-order valence-corrected chi connectivity index (χ4v) is 3.35. The molecule has 0 aromatic rings. The van der Waals surface area contributed by atoms with Crippen LogP contribution in [0.1, 0.15) is 38.5 Å². The number of nitrogens with one attached hydrogen (secondary N) is 1. The third-order valence-corrected chi connectivity index (χ3v) is 4.80. The zero-order valence-electron chi connectivity index (χ0n) is 14.3. The van der Waals surface area contributed by atoms with Gasteiger partial charge in [-0.25, -0.2) is 0 Å². The zero-order chi connectivity index (χ0) is 16.3. The minimum atomic E-state index is 0.110.